The molecule has 11 heteroatoms. The van der Waals surface area contributed by atoms with Crippen LogP contribution in [0.2, 0.25) is 0 Å². The maximum absolute atomic E-state index is 12.5. The normalized spacial score (nSPS) is 37.7. The number of aliphatic hydroxyl groups is 1. The lowest BCUT2D eigenvalue weighted by molar-refractivity contribution is -0.270. The maximum atomic E-state index is 12.5. The van der Waals surface area contributed by atoms with Crippen LogP contribution in [-0.4, -0.2) is 47.1 Å². The van der Waals surface area contributed by atoms with Crippen LogP contribution in [0.25, 0.3) is 5.57 Å². The fourth-order valence-corrected chi connectivity index (χ4v) is 4.77. The van der Waals surface area contributed by atoms with E-state index in [1.807, 2.05) is 0 Å². The summed E-state index contributed by atoms with van der Waals surface area (Å²) in [6.07, 6.45) is -2.04. The highest BCUT2D eigenvalue weighted by atomic mass is 31.2. The number of hydrogen-bond donors (Lipinski definition) is 3. The first-order valence-electron chi connectivity index (χ1n) is 7.40. The Hall–Kier alpha value is -2.10. The van der Waals surface area contributed by atoms with Gasteiger partial charge in [-0.15, -0.1) is 0 Å². The highest BCUT2D eigenvalue weighted by Gasteiger charge is 2.55. The van der Waals surface area contributed by atoms with Crippen LogP contribution in [0.15, 0.2) is 12.1 Å². The lowest BCUT2D eigenvalue weighted by atomic mass is 9.79. The Labute approximate surface area is 140 Å². The van der Waals surface area contributed by atoms with Gasteiger partial charge < -0.3 is 29.9 Å². The summed E-state index contributed by atoms with van der Waals surface area (Å²) in [5.41, 5.74) is 0.525. The molecule has 132 valence electrons. The first-order valence-corrected chi connectivity index (χ1v) is 8.89. The van der Waals surface area contributed by atoms with Gasteiger partial charge in [-0.1, -0.05) is 0 Å². The number of rotatable bonds is 0. The minimum absolute atomic E-state index is 0.0394. The van der Waals surface area contributed by atoms with Crippen LogP contribution in [0.4, 0.5) is 0 Å². The van der Waals surface area contributed by atoms with Crippen molar-refractivity contribution in [3.63, 3.8) is 0 Å². The number of carbonyl (C=O) groups is 1. The molecule has 3 N–H and O–H groups in total. The lowest BCUT2D eigenvalue weighted by Crippen LogP contribution is -2.56. The second-order valence-corrected chi connectivity index (χ2v) is 7.39. The van der Waals surface area contributed by atoms with Gasteiger partial charge in [0.1, 0.15) is 18.3 Å². The summed E-state index contributed by atoms with van der Waals surface area (Å²) >= 11 is 0. The molecule has 0 aromatic heterocycles. The number of fused-ring (bicyclic) bond motifs is 6. The summed E-state index contributed by atoms with van der Waals surface area (Å²) in [7, 11) is -4.33. The summed E-state index contributed by atoms with van der Waals surface area (Å²) in [6, 6.07) is 0.633. The molecule has 10 nitrogen and oxygen atoms in total. The SMILES string of the molecule is O=C1N[C@@H]2C(=C[C@H](O)[C@H]3OP(=O)(O)O[C@H]32)c2cc3c(c([O-])c21)OCO3. The quantitative estimate of drug-likeness (QED) is 0.503. The molecule has 1 aromatic carbocycles. The van der Waals surface area contributed by atoms with E-state index in [9.17, 15) is 24.5 Å². The highest BCUT2D eigenvalue weighted by Crippen LogP contribution is 2.57. The molecule has 25 heavy (non-hydrogen) atoms. The second kappa shape index (κ2) is 4.75. The summed E-state index contributed by atoms with van der Waals surface area (Å²) < 4.78 is 31.9. The molecule has 1 amide bonds. The van der Waals surface area contributed by atoms with Gasteiger partial charge in [0, 0.05) is 5.56 Å². The van der Waals surface area contributed by atoms with E-state index in [2.05, 4.69) is 5.32 Å². The van der Waals surface area contributed by atoms with Crippen LogP contribution in [0.5, 0.6) is 17.2 Å². The molecule has 0 saturated carbocycles. The fraction of sp³-hybridized carbons (Fsp3) is 0.357. The topological polar surface area (TPSA) is 147 Å². The number of amides is 1. The van der Waals surface area contributed by atoms with Gasteiger partial charge in [0.25, 0.3) is 5.91 Å². The largest absolute Gasteiger partial charge is 0.869 e. The third-order valence-electron chi connectivity index (χ3n) is 4.63. The number of ether oxygens (including phenoxy) is 2. The predicted molar refractivity (Wildman–Crippen MR) is 76.8 cm³/mol. The molecule has 3 heterocycles. The fourth-order valence-electron chi connectivity index (χ4n) is 3.62. The molecular weight excluding hydrogens is 357 g/mol. The number of aliphatic hydroxyl groups excluding tert-OH is 1. The van der Waals surface area contributed by atoms with Crippen molar-refractivity contribution in [3.8, 4) is 17.2 Å². The van der Waals surface area contributed by atoms with Crippen LogP contribution in [0.1, 0.15) is 15.9 Å². The molecular formula is C14H11NO9P-. The Kier molecular flexibility index (Phi) is 2.88. The Bertz CT molecular complexity index is 897. The molecule has 1 unspecified atom stereocenters. The van der Waals surface area contributed by atoms with E-state index >= 15 is 0 Å². The van der Waals surface area contributed by atoms with E-state index in [0.29, 0.717) is 5.57 Å². The molecule has 5 atom stereocenters. The van der Waals surface area contributed by atoms with Crippen LogP contribution < -0.4 is 19.9 Å². The van der Waals surface area contributed by atoms with Gasteiger partial charge in [0.2, 0.25) is 6.79 Å². The predicted octanol–water partition coefficient (Wildman–Crippen LogP) is -0.757. The Morgan fingerprint density at radius 1 is 1.28 bits per heavy atom. The van der Waals surface area contributed by atoms with Crippen molar-refractivity contribution in [1.82, 2.24) is 5.32 Å². The average Bonchev–Trinajstić information content (AvgIpc) is 3.12. The van der Waals surface area contributed by atoms with Crippen LogP contribution >= 0.6 is 7.82 Å². The van der Waals surface area contributed by atoms with Gasteiger partial charge in [-0.05, 0) is 29.0 Å². The molecule has 0 spiro atoms. The minimum Gasteiger partial charge on any atom is -0.869 e. The first kappa shape index (κ1) is 15.2. The van der Waals surface area contributed by atoms with E-state index in [4.69, 9.17) is 18.5 Å². The minimum atomic E-state index is -4.33. The van der Waals surface area contributed by atoms with E-state index in [-0.39, 0.29) is 29.4 Å². The van der Waals surface area contributed by atoms with Crippen molar-refractivity contribution in [2.75, 3.05) is 6.79 Å². The molecule has 4 aliphatic rings. The number of phosphoric acid groups is 1. The summed E-state index contributed by atoms with van der Waals surface area (Å²) in [5.74, 6) is -1.12. The van der Waals surface area contributed by atoms with Crippen molar-refractivity contribution in [3.05, 3.63) is 23.3 Å². The average molecular weight is 368 g/mol. The van der Waals surface area contributed by atoms with Crippen LogP contribution in [-0.2, 0) is 13.6 Å². The Morgan fingerprint density at radius 3 is 2.84 bits per heavy atom. The maximum Gasteiger partial charge on any atom is 0.473 e. The number of benzene rings is 1. The van der Waals surface area contributed by atoms with Gasteiger partial charge in [-0.3, -0.25) is 13.8 Å². The molecule has 1 fully saturated rings. The van der Waals surface area contributed by atoms with E-state index in [1.54, 1.807) is 0 Å². The monoisotopic (exact) mass is 368 g/mol. The zero-order valence-electron chi connectivity index (χ0n) is 12.4. The molecule has 1 saturated heterocycles. The van der Waals surface area contributed by atoms with Crippen molar-refractivity contribution < 1.29 is 43.0 Å². The zero-order valence-corrected chi connectivity index (χ0v) is 13.3. The first-order chi connectivity index (χ1) is 11.9. The molecule has 1 aliphatic carbocycles. The molecule has 1 aromatic rings. The third kappa shape index (κ3) is 2.00. The smallest absolute Gasteiger partial charge is 0.473 e. The Morgan fingerprint density at radius 2 is 2.04 bits per heavy atom. The van der Waals surface area contributed by atoms with Gasteiger partial charge in [0.15, 0.2) is 11.5 Å². The van der Waals surface area contributed by atoms with E-state index < -0.39 is 43.8 Å². The number of hydrogen-bond acceptors (Lipinski definition) is 8. The lowest BCUT2D eigenvalue weighted by Gasteiger charge is -2.39. The summed E-state index contributed by atoms with van der Waals surface area (Å²) in [5, 5.41) is 25.3. The summed E-state index contributed by atoms with van der Waals surface area (Å²) in [4.78, 5) is 22.0. The van der Waals surface area contributed by atoms with Crippen molar-refractivity contribution in [2.45, 2.75) is 24.4 Å². The zero-order chi connectivity index (χ0) is 17.5. The summed E-state index contributed by atoms with van der Waals surface area (Å²) in [6.45, 7) is -0.129. The van der Waals surface area contributed by atoms with Crippen LogP contribution in [0, 0.1) is 0 Å². The van der Waals surface area contributed by atoms with Gasteiger partial charge >= 0.3 is 7.82 Å². The number of carbonyl (C=O) groups excluding carboxylic acids is 1. The standard InChI is InChI=1S/C14H12NO9P/c16-6-1-5-4-2-7-12(22-3-21-7)10(17)8(4)14(18)15-9(5)13-11(6)23-25(19,20)24-13/h1-2,6,9,11,13,16-17H,3H2,(H,15,18)(H,19,20)/p-1/t6-,9+,11+,13-/m0/s1. The third-order valence-corrected chi connectivity index (χ3v) is 5.65. The highest BCUT2D eigenvalue weighted by molar-refractivity contribution is 7.47. The molecule has 5 rings (SSSR count). The Balaban J connectivity index is 1.69. The van der Waals surface area contributed by atoms with Gasteiger partial charge in [-0.2, -0.15) is 0 Å². The number of nitrogens with one attached hydrogen (secondary N) is 1. The van der Waals surface area contributed by atoms with Gasteiger partial charge in [-0.25, -0.2) is 4.57 Å². The molecule has 0 radical (unpaired) electrons. The van der Waals surface area contributed by atoms with Gasteiger partial charge in [0.05, 0.1) is 6.04 Å². The molecule has 0 bridgehead atoms. The van der Waals surface area contributed by atoms with Crippen LogP contribution in [0.3, 0.4) is 0 Å². The van der Waals surface area contributed by atoms with Crippen molar-refractivity contribution in [2.24, 2.45) is 0 Å². The van der Waals surface area contributed by atoms with Crippen molar-refractivity contribution in [1.29, 1.82) is 0 Å². The molecule has 3 aliphatic heterocycles. The number of phosphoric ester groups is 1. The van der Waals surface area contributed by atoms with Crippen molar-refractivity contribution >= 4 is 19.3 Å². The van der Waals surface area contributed by atoms with E-state index in [1.165, 1.54) is 12.1 Å². The van der Waals surface area contributed by atoms with E-state index in [0.717, 1.165) is 0 Å². The second-order valence-electron chi connectivity index (χ2n) is 6.03.